The fourth-order valence-electron chi connectivity index (χ4n) is 1.70. The molecule has 1 aromatic carbocycles. The lowest BCUT2D eigenvalue weighted by molar-refractivity contribution is 0.409. The fourth-order valence-corrected chi connectivity index (χ4v) is 1.70. The highest BCUT2D eigenvalue weighted by atomic mass is 127. The van der Waals surface area contributed by atoms with Gasteiger partial charge in [0.2, 0.25) is 0 Å². The van der Waals surface area contributed by atoms with Gasteiger partial charge in [-0.15, -0.1) is 24.0 Å². The number of nitrogens with one attached hydrogen (secondary N) is 2. The van der Waals surface area contributed by atoms with Crippen LogP contribution in [0.3, 0.4) is 0 Å². The molecular formula is C13H22IN3O. The van der Waals surface area contributed by atoms with E-state index in [0.29, 0.717) is 0 Å². The Bertz CT molecular complexity index is 394. The quantitative estimate of drug-likeness (QED) is 0.489. The largest absolute Gasteiger partial charge is 0.496 e. The van der Waals surface area contributed by atoms with Crippen molar-refractivity contribution in [3.63, 3.8) is 0 Å². The first kappa shape index (κ1) is 17.0. The minimum Gasteiger partial charge on any atom is -0.496 e. The van der Waals surface area contributed by atoms with E-state index in [0.717, 1.165) is 24.7 Å². The molecule has 0 saturated carbocycles. The molecule has 1 rings (SSSR count). The van der Waals surface area contributed by atoms with Crippen LogP contribution in [0.5, 0.6) is 5.75 Å². The predicted octanol–water partition coefficient (Wildman–Crippen LogP) is 1.96. The van der Waals surface area contributed by atoms with Gasteiger partial charge < -0.3 is 15.4 Å². The number of methoxy groups -OCH3 is 1. The van der Waals surface area contributed by atoms with Crippen LogP contribution in [-0.2, 0) is 6.42 Å². The molecule has 5 heteroatoms. The lowest BCUT2D eigenvalue weighted by atomic mass is 10.1. The summed E-state index contributed by atoms with van der Waals surface area (Å²) in [7, 11) is 5.31. The smallest absolute Gasteiger partial charge is 0.190 e. The van der Waals surface area contributed by atoms with Crippen molar-refractivity contribution in [3.8, 4) is 5.75 Å². The molecule has 0 aromatic heterocycles. The molecule has 0 fully saturated rings. The van der Waals surface area contributed by atoms with Gasteiger partial charge in [-0.3, -0.25) is 4.99 Å². The Balaban J connectivity index is 0.00000289. The van der Waals surface area contributed by atoms with Crippen LogP contribution in [0.25, 0.3) is 0 Å². The summed E-state index contributed by atoms with van der Waals surface area (Å²) in [6.07, 6.45) is 0.908. The summed E-state index contributed by atoms with van der Waals surface area (Å²) >= 11 is 0. The number of hydrogen-bond acceptors (Lipinski definition) is 2. The van der Waals surface area contributed by atoms with E-state index in [1.54, 1.807) is 14.2 Å². The van der Waals surface area contributed by atoms with Gasteiger partial charge in [-0.2, -0.15) is 0 Å². The number of benzene rings is 1. The second-order valence-electron chi connectivity index (χ2n) is 3.81. The first-order valence-electron chi connectivity index (χ1n) is 5.73. The van der Waals surface area contributed by atoms with Crippen LogP contribution >= 0.6 is 24.0 Å². The van der Waals surface area contributed by atoms with Crippen LogP contribution in [0.15, 0.2) is 23.2 Å². The van der Waals surface area contributed by atoms with Gasteiger partial charge in [-0.05, 0) is 25.0 Å². The molecule has 2 N–H and O–H groups in total. The van der Waals surface area contributed by atoms with Crippen LogP contribution in [0.2, 0.25) is 0 Å². The third-order valence-corrected chi connectivity index (χ3v) is 2.58. The van der Waals surface area contributed by atoms with Gasteiger partial charge in [-0.1, -0.05) is 17.7 Å². The van der Waals surface area contributed by atoms with Crippen molar-refractivity contribution < 1.29 is 4.74 Å². The van der Waals surface area contributed by atoms with E-state index in [1.165, 1.54) is 11.1 Å². The molecule has 0 unspecified atom stereocenters. The SMILES string of the molecule is CN=C(NC)NCCc1cc(C)ccc1OC.I. The Morgan fingerprint density at radius 1 is 1.39 bits per heavy atom. The Hall–Kier alpha value is -0.980. The molecule has 0 heterocycles. The molecule has 0 amide bonds. The van der Waals surface area contributed by atoms with Gasteiger partial charge in [0.15, 0.2) is 5.96 Å². The normalized spacial score (nSPS) is 10.6. The highest BCUT2D eigenvalue weighted by molar-refractivity contribution is 14.0. The van der Waals surface area contributed by atoms with E-state index < -0.39 is 0 Å². The molecule has 102 valence electrons. The third-order valence-electron chi connectivity index (χ3n) is 2.58. The maximum atomic E-state index is 5.34. The van der Waals surface area contributed by atoms with Gasteiger partial charge in [0, 0.05) is 20.6 Å². The van der Waals surface area contributed by atoms with Crippen molar-refractivity contribution in [1.82, 2.24) is 10.6 Å². The van der Waals surface area contributed by atoms with E-state index in [-0.39, 0.29) is 24.0 Å². The zero-order chi connectivity index (χ0) is 12.7. The monoisotopic (exact) mass is 363 g/mol. The number of aliphatic imine (C=N–C) groups is 1. The number of rotatable bonds is 4. The van der Waals surface area contributed by atoms with E-state index in [2.05, 4.69) is 34.7 Å². The Labute approximate surface area is 126 Å². The van der Waals surface area contributed by atoms with Crippen molar-refractivity contribution in [2.24, 2.45) is 4.99 Å². The highest BCUT2D eigenvalue weighted by Crippen LogP contribution is 2.19. The molecule has 1 aromatic rings. The lowest BCUT2D eigenvalue weighted by Crippen LogP contribution is -2.35. The molecular weight excluding hydrogens is 341 g/mol. The highest BCUT2D eigenvalue weighted by Gasteiger charge is 2.03. The summed E-state index contributed by atoms with van der Waals surface area (Å²) in [6, 6.07) is 6.22. The van der Waals surface area contributed by atoms with Crippen molar-refractivity contribution in [1.29, 1.82) is 0 Å². The molecule has 0 aliphatic heterocycles. The van der Waals surface area contributed by atoms with Gasteiger partial charge in [0.1, 0.15) is 5.75 Å². The number of aryl methyl sites for hydroxylation is 1. The predicted molar refractivity (Wildman–Crippen MR) is 87.3 cm³/mol. The molecule has 0 bridgehead atoms. The minimum absolute atomic E-state index is 0. The van der Waals surface area contributed by atoms with Gasteiger partial charge in [-0.25, -0.2) is 0 Å². The van der Waals surface area contributed by atoms with Crippen LogP contribution in [0.1, 0.15) is 11.1 Å². The van der Waals surface area contributed by atoms with E-state index in [1.807, 2.05) is 13.1 Å². The molecule has 4 nitrogen and oxygen atoms in total. The van der Waals surface area contributed by atoms with Gasteiger partial charge >= 0.3 is 0 Å². The Morgan fingerprint density at radius 2 is 2.11 bits per heavy atom. The summed E-state index contributed by atoms with van der Waals surface area (Å²) in [6.45, 7) is 2.91. The Kier molecular flexibility index (Phi) is 8.53. The summed E-state index contributed by atoms with van der Waals surface area (Å²) in [5.74, 6) is 1.74. The van der Waals surface area contributed by atoms with Crippen molar-refractivity contribution in [2.75, 3.05) is 27.7 Å². The third kappa shape index (κ3) is 5.12. The van der Waals surface area contributed by atoms with E-state index in [4.69, 9.17) is 4.74 Å². The average molecular weight is 363 g/mol. The zero-order valence-corrected chi connectivity index (χ0v) is 13.7. The molecule has 0 aliphatic rings. The first-order valence-corrected chi connectivity index (χ1v) is 5.73. The first-order chi connectivity index (χ1) is 8.21. The lowest BCUT2D eigenvalue weighted by Gasteiger charge is -2.11. The summed E-state index contributed by atoms with van der Waals surface area (Å²) in [5, 5.41) is 6.21. The zero-order valence-electron chi connectivity index (χ0n) is 11.4. The van der Waals surface area contributed by atoms with Crippen LogP contribution < -0.4 is 15.4 Å². The van der Waals surface area contributed by atoms with Crippen LogP contribution in [0, 0.1) is 6.92 Å². The second kappa shape index (κ2) is 9.02. The fraction of sp³-hybridized carbons (Fsp3) is 0.462. The number of nitrogens with zero attached hydrogens (tertiary/aromatic N) is 1. The molecule has 0 spiro atoms. The van der Waals surface area contributed by atoms with Crippen LogP contribution in [0.4, 0.5) is 0 Å². The number of halogens is 1. The van der Waals surface area contributed by atoms with Gasteiger partial charge in [0.25, 0.3) is 0 Å². The van der Waals surface area contributed by atoms with Crippen molar-refractivity contribution >= 4 is 29.9 Å². The van der Waals surface area contributed by atoms with Crippen molar-refractivity contribution in [3.05, 3.63) is 29.3 Å². The molecule has 0 saturated heterocycles. The maximum Gasteiger partial charge on any atom is 0.190 e. The standard InChI is InChI=1S/C13H21N3O.HI/c1-10-5-6-12(17-4)11(9-10)7-8-16-13(14-2)15-3;/h5-6,9H,7-8H2,1-4H3,(H2,14,15,16);1H. The summed E-state index contributed by atoms with van der Waals surface area (Å²) in [4.78, 5) is 4.06. The number of guanidine groups is 1. The summed E-state index contributed by atoms with van der Waals surface area (Å²) in [5.41, 5.74) is 2.46. The average Bonchev–Trinajstić information content (AvgIpc) is 2.35. The minimum atomic E-state index is 0. The Morgan fingerprint density at radius 3 is 2.67 bits per heavy atom. The van der Waals surface area contributed by atoms with E-state index in [9.17, 15) is 0 Å². The summed E-state index contributed by atoms with van der Waals surface area (Å²) < 4.78 is 5.34. The topological polar surface area (TPSA) is 45.7 Å². The second-order valence-corrected chi connectivity index (χ2v) is 3.81. The maximum absolute atomic E-state index is 5.34. The van der Waals surface area contributed by atoms with Crippen molar-refractivity contribution in [2.45, 2.75) is 13.3 Å². The van der Waals surface area contributed by atoms with Crippen LogP contribution in [-0.4, -0.2) is 33.7 Å². The van der Waals surface area contributed by atoms with E-state index >= 15 is 0 Å². The molecule has 0 radical (unpaired) electrons. The van der Waals surface area contributed by atoms with Gasteiger partial charge in [0.05, 0.1) is 7.11 Å². The number of hydrogen-bond donors (Lipinski definition) is 2. The molecule has 0 atom stereocenters. The molecule has 0 aliphatic carbocycles. The molecule has 18 heavy (non-hydrogen) atoms. The number of ether oxygens (including phenoxy) is 1.